The fourth-order valence-corrected chi connectivity index (χ4v) is 3.45. The molecule has 2 aromatic carbocycles. The van der Waals surface area contributed by atoms with E-state index in [9.17, 15) is 14.4 Å². The van der Waals surface area contributed by atoms with Crippen LogP contribution in [0.25, 0.3) is 22.3 Å². The summed E-state index contributed by atoms with van der Waals surface area (Å²) in [6.07, 6.45) is 3.28. The maximum Gasteiger partial charge on any atom is 0.222 e. The Labute approximate surface area is 209 Å². The number of carbonyl (C=O) groups is 3. The lowest BCUT2D eigenvalue weighted by atomic mass is 10.0. The lowest BCUT2D eigenvalue weighted by molar-refractivity contribution is -0.114. The molecule has 1 N–H and O–H groups in total. The third-order valence-electron chi connectivity index (χ3n) is 5.00. The van der Waals surface area contributed by atoms with Gasteiger partial charge >= 0.3 is 0 Å². The highest BCUT2D eigenvalue weighted by Crippen LogP contribution is 2.23. The van der Waals surface area contributed by atoms with Gasteiger partial charge in [-0.2, -0.15) is 0 Å². The van der Waals surface area contributed by atoms with Crippen LogP contribution in [-0.2, 0) is 4.79 Å². The number of ketones is 2. The van der Waals surface area contributed by atoms with Crippen molar-refractivity contribution in [3.8, 4) is 22.3 Å². The van der Waals surface area contributed by atoms with Crippen LogP contribution in [0.4, 0.5) is 5.82 Å². The highest BCUT2D eigenvalue weighted by atomic mass is 35.5. The van der Waals surface area contributed by atoms with Crippen molar-refractivity contribution in [3.05, 3.63) is 101 Å². The fourth-order valence-electron chi connectivity index (χ4n) is 3.28. The number of hydrogen-bond acceptors (Lipinski definition) is 5. The molecule has 0 saturated carbocycles. The van der Waals surface area contributed by atoms with Gasteiger partial charge in [0.2, 0.25) is 5.91 Å². The van der Waals surface area contributed by atoms with Crippen LogP contribution < -0.4 is 5.32 Å². The normalized spacial score (nSPS) is 10.1. The van der Waals surface area contributed by atoms with Gasteiger partial charge in [-0.15, -0.1) is 0 Å². The first-order chi connectivity index (χ1) is 16.7. The van der Waals surface area contributed by atoms with E-state index >= 15 is 0 Å². The quantitative estimate of drug-likeness (QED) is 0.257. The molecule has 2 aromatic heterocycles. The summed E-state index contributed by atoms with van der Waals surface area (Å²) in [5.41, 5.74) is 5.12. The predicted molar refractivity (Wildman–Crippen MR) is 139 cm³/mol. The van der Waals surface area contributed by atoms with Crippen LogP contribution in [0.1, 0.15) is 41.5 Å². The number of carbonyl (C=O) groups excluding carboxylic acids is 3. The SMILES string of the molecule is CC(=O)Nc1cc(-c2cccc(C(C)=O)c2)ccn1.CC(=O)c1cccc(-c2ccnc(Cl)c2)c1. The first-order valence-electron chi connectivity index (χ1n) is 10.8. The monoisotopic (exact) mass is 485 g/mol. The number of nitrogens with one attached hydrogen (secondary N) is 1. The standard InChI is InChI=1S/C15H14N2O2.C13H10ClNO/c1-10(18)12-4-3-5-13(8-12)14-6-7-16-15(9-14)17-11(2)19;1-9(16)10-3-2-4-11(7-10)12-5-6-15-13(14)8-12/h3-9H,1-2H3,(H,16,17,19);2-8H,1H3. The Morgan fingerprint density at radius 1 is 0.657 bits per heavy atom. The minimum Gasteiger partial charge on any atom is -0.311 e. The average Bonchev–Trinajstić information content (AvgIpc) is 2.84. The Bertz CT molecular complexity index is 1390. The second-order valence-electron chi connectivity index (χ2n) is 7.75. The molecule has 0 bridgehead atoms. The van der Waals surface area contributed by atoms with E-state index in [1.165, 1.54) is 13.8 Å². The van der Waals surface area contributed by atoms with E-state index in [1.54, 1.807) is 43.6 Å². The van der Waals surface area contributed by atoms with E-state index in [0.29, 0.717) is 22.1 Å². The van der Waals surface area contributed by atoms with Crippen molar-refractivity contribution in [2.24, 2.45) is 0 Å². The lowest BCUT2D eigenvalue weighted by Gasteiger charge is -2.06. The zero-order valence-corrected chi connectivity index (χ0v) is 20.3. The Morgan fingerprint density at radius 3 is 1.63 bits per heavy atom. The van der Waals surface area contributed by atoms with Crippen LogP contribution >= 0.6 is 11.6 Å². The molecule has 0 aliphatic rings. The first kappa shape index (κ1) is 25.5. The molecule has 1 amide bonds. The number of nitrogens with zero attached hydrogens (tertiary/aromatic N) is 2. The van der Waals surface area contributed by atoms with Crippen molar-refractivity contribution < 1.29 is 14.4 Å². The van der Waals surface area contributed by atoms with Gasteiger partial charge in [0.1, 0.15) is 11.0 Å². The molecule has 0 saturated heterocycles. The third-order valence-corrected chi connectivity index (χ3v) is 5.20. The van der Waals surface area contributed by atoms with Gasteiger partial charge in [0, 0.05) is 30.4 Å². The van der Waals surface area contributed by atoms with E-state index < -0.39 is 0 Å². The van der Waals surface area contributed by atoms with Crippen molar-refractivity contribution in [1.29, 1.82) is 0 Å². The van der Waals surface area contributed by atoms with Crippen LogP contribution in [0.15, 0.2) is 85.2 Å². The van der Waals surface area contributed by atoms with Gasteiger partial charge in [0.15, 0.2) is 11.6 Å². The first-order valence-corrected chi connectivity index (χ1v) is 11.2. The van der Waals surface area contributed by atoms with Crippen molar-refractivity contribution in [2.45, 2.75) is 20.8 Å². The Kier molecular flexibility index (Phi) is 8.59. The molecular formula is C28H24ClN3O3. The molecule has 2 heterocycles. The van der Waals surface area contributed by atoms with Crippen LogP contribution in [0, 0.1) is 0 Å². The summed E-state index contributed by atoms with van der Waals surface area (Å²) in [7, 11) is 0. The van der Waals surface area contributed by atoms with Crippen LogP contribution in [0.2, 0.25) is 5.15 Å². The number of pyridine rings is 2. The number of anilines is 1. The number of amides is 1. The highest BCUT2D eigenvalue weighted by Gasteiger charge is 2.05. The number of Topliss-reactive ketones (excluding diaryl/α,β-unsaturated/α-hetero) is 2. The zero-order chi connectivity index (χ0) is 25.4. The number of aromatic nitrogens is 2. The third kappa shape index (κ3) is 7.42. The molecule has 0 unspecified atom stereocenters. The van der Waals surface area contributed by atoms with Crippen molar-refractivity contribution in [1.82, 2.24) is 9.97 Å². The topological polar surface area (TPSA) is 89.0 Å². The lowest BCUT2D eigenvalue weighted by Crippen LogP contribution is -2.07. The molecule has 4 aromatic rings. The van der Waals surface area contributed by atoms with Gasteiger partial charge in [-0.3, -0.25) is 14.4 Å². The van der Waals surface area contributed by atoms with Crippen LogP contribution in [0.3, 0.4) is 0 Å². The van der Waals surface area contributed by atoms with Gasteiger partial charge in [-0.25, -0.2) is 9.97 Å². The van der Waals surface area contributed by atoms with E-state index in [1.807, 2.05) is 48.5 Å². The molecule has 35 heavy (non-hydrogen) atoms. The molecule has 0 fully saturated rings. The second-order valence-corrected chi connectivity index (χ2v) is 8.14. The van der Waals surface area contributed by atoms with Crippen LogP contribution in [-0.4, -0.2) is 27.4 Å². The number of hydrogen-bond donors (Lipinski definition) is 1. The minimum atomic E-state index is -0.165. The average molecular weight is 486 g/mol. The number of halogens is 1. The Morgan fingerprint density at radius 2 is 1.14 bits per heavy atom. The van der Waals surface area contributed by atoms with Gasteiger partial charge in [0.25, 0.3) is 0 Å². The van der Waals surface area contributed by atoms with Crippen molar-refractivity contribution in [3.63, 3.8) is 0 Å². The molecule has 176 valence electrons. The number of rotatable bonds is 5. The molecule has 0 spiro atoms. The van der Waals surface area contributed by atoms with Crippen molar-refractivity contribution >= 4 is 34.9 Å². The summed E-state index contributed by atoms with van der Waals surface area (Å²) < 4.78 is 0. The van der Waals surface area contributed by atoms with E-state index in [0.717, 1.165) is 22.3 Å². The molecule has 7 heteroatoms. The molecule has 0 atom stereocenters. The summed E-state index contributed by atoms with van der Waals surface area (Å²) in [5, 5.41) is 3.09. The van der Waals surface area contributed by atoms with Gasteiger partial charge in [-0.1, -0.05) is 48.0 Å². The molecule has 0 radical (unpaired) electrons. The maximum atomic E-state index is 11.4. The summed E-state index contributed by atoms with van der Waals surface area (Å²) in [6.45, 7) is 4.53. The van der Waals surface area contributed by atoms with E-state index in [-0.39, 0.29) is 17.5 Å². The predicted octanol–water partition coefficient (Wildman–Crippen LogP) is 6.51. The van der Waals surface area contributed by atoms with Gasteiger partial charge in [-0.05, 0) is 72.5 Å². The number of benzene rings is 2. The summed E-state index contributed by atoms with van der Waals surface area (Å²) in [5.74, 6) is 0.417. The van der Waals surface area contributed by atoms with E-state index in [2.05, 4.69) is 15.3 Å². The fraction of sp³-hybridized carbons (Fsp3) is 0.107. The van der Waals surface area contributed by atoms with Crippen LogP contribution in [0.5, 0.6) is 0 Å². The molecule has 0 aliphatic carbocycles. The maximum absolute atomic E-state index is 11.4. The van der Waals surface area contributed by atoms with Crippen molar-refractivity contribution in [2.75, 3.05) is 5.32 Å². The summed E-state index contributed by atoms with van der Waals surface area (Å²) in [4.78, 5) is 41.6. The largest absolute Gasteiger partial charge is 0.311 e. The van der Waals surface area contributed by atoms with Gasteiger partial charge in [0.05, 0.1) is 0 Å². The zero-order valence-electron chi connectivity index (χ0n) is 19.6. The summed E-state index contributed by atoms with van der Waals surface area (Å²) in [6, 6.07) is 22.1. The molecule has 0 aliphatic heterocycles. The Hall–Kier alpha value is -4.16. The van der Waals surface area contributed by atoms with E-state index in [4.69, 9.17) is 11.6 Å². The highest BCUT2D eigenvalue weighted by molar-refractivity contribution is 6.29. The van der Waals surface area contributed by atoms with Gasteiger partial charge < -0.3 is 5.32 Å². The minimum absolute atomic E-state index is 0.0259. The second kappa shape index (κ2) is 11.8. The molecule has 6 nitrogen and oxygen atoms in total. The molecule has 4 rings (SSSR count). The summed E-state index contributed by atoms with van der Waals surface area (Å²) >= 11 is 5.82. The molecular weight excluding hydrogens is 462 g/mol. The smallest absolute Gasteiger partial charge is 0.222 e. The Balaban J connectivity index is 0.000000198.